The van der Waals surface area contributed by atoms with Crippen LogP contribution in [0.1, 0.15) is 124 Å². The van der Waals surface area contributed by atoms with Crippen molar-refractivity contribution in [3.63, 3.8) is 0 Å². The summed E-state index contributed by atoms with van der Waals surface area (Å²) >= 11 is 0. The monoisotopic (exact) mass is 1060 g/mol. The second kappa shape index (κ2) is 28.5. The van der Waals surface area contributed by atoms with Gasteiger partial charge in [0, 0.05) is 47.2 Å². The van der Waals surface area contributed by atoms with Gasteiger partial charge >= 0.3 is 23.9 Å². The Morgan fingerprint density at radius 1 is 0.447 bits per heavy atom. The Morgan fingerprint density at radius 2 is 0.776 bits per heavy atom. The molecule has 1 aliphatic rings. The van der Waals surface area contributed by atoms with Gasteiger partial charge < -0.3 is 38.5 Å². The summed E-state index contributed by atoms with van der Waals surface area (Å²) in [6.07, 6.45) is -1.13. The minimum Gasteiger partial charge on any atom is -0.451 e. The van der Waals surface area contributed by atoms with Gasteiger partial charge in [0.15, 0.2) is 24.4 Å². The molecule has 0 bridgehead atoms. The van der Waals surface area contributed by atoms with E-state index >= 15 is 0 Å². The molecule has 18 heteroatoms. The van der Waals surface area contributed by atoms with E-state index in [4.69, 9.17) is 18.9 Å². The van der Waals surface area contributed by atoms with Crippen LogP contribution in [0, 0.1) is 23.7 Å². The standard InChI is InChI=1S/C58H84N6O12/c1-16-41-32-59-64(33-41)34-44-24-22-43(23-25-44)31-50-54(68)63(15)46(27-36(4)5)56(70)74-39(10)51(65)60(12)47(28-37(6)7)57(71)75-49(30-42-20-18-17-19-21-42)53(67)62(14)45(26-35(2)3)55(69)73-40(11)52(66)61(13)48(29-38(8)9)58(72)76-50/h17-25,32-33,35-40,45-50H,16,26-31,34H2,1-15H3/t39-,40-,45+,46+,47+,48+,49-,50-/m1/s1. The van der Waals surface area contributed by atoms with Crippen molar-refractivity contribution in [1.29, 1.82) is 0 Å². The molecule has 0 unspecified atom stereocenters. The molecule has 0 aliphatic carbocycles. The highest BCUT2D eigenvalue weighted by Gasteiger charge is 2.43. The van der Waals surface area contributed by atoms with E-state index < -0.39 is 96.1 Å². The normalized spacial score (nSPS) is 23.8. The number of likely N-dealkylation sites (N-methyl/N-ethyl adjacent to an activating group) is 4. The summed E-state index contributed by atoms with van der Waals surface area (Å²) in [6, 6.07) is 11.2. The molecule has 1 aromatic heterocycles. The van der Waals surface area contributed by atoms with Crippen LogP contribution in [0.3, 0.4) is 0 Å². The number of hydrogen-bond acceptors (Lipinski definition) is 13. The van der Waals surface area contributed by atoms with Crippen molar-refractivity contribution in [2.45, 2.75) is 176 Å². The van der Waals surface area contributed by atoms with Crippen molar-refractivity contribution >= 4 is 47.5 Å². The number of aryl methyl sites for hydroxylation is 1. The molecule has 76 heavy (non-hydrogen) atoms. The molecule has 2 heterocycles. The number of nitrogens with zero attached hydrogens (tertiary/aromatic N) is 6. The van der Waals surface area contributed by atoms with Crippen molar-refractivity contribution in [1.82, 2.24) is 29.4 Å². The highest BCUT2D eigenvalue weighted by Crippen LogP contribution is 2.24. The fourth-order valence-corrected chi connectivity index (χ4v) is 9.17. The van der Waals surface area contributed by atoms with Crippen LogP contribution in [-0.4, -0.2) is 154 Å². The third kappa shape index (κ3) is 17.5. The van der Waals surface area contributed by atoms with E-state index in [2.05, 4.69) is 5.10 Å². The van der Waals surface area contributed by atoms with E-state index in [1.54, 1.807) is 30.3 Å². The van der Waals surface area contributed by atoms with Crippen molar-refractivity contribution < 1.29 is 57.3 Å². The molecule has 2 aromatic carbocycles. The van der Waals surface area contributed by atoms with Crippen molar-refractivity contribution in [2.24, 2.45) is 23.7 Å². The van der Waals surface area contributed by atoms with E-state index in [1.807, 2.05) is 104 Å². The predicted molar refractivity (Wildman–Crippen MR) is 286 cm³/mol. The smallest absolute Gasteiger partial charge is 0.329 e. The van der Waals surface area contributed by atoms with Crippen LogP contribution in [0.25, 0.3) is 0 Å². The fourth-order valence-electron chi connectivity index (χ4n) is 9.17. The number of hydrogen-bond donors (Lipinski definition) is 0. The Balaban J connectivity index is 1.85. The van der Waals surface area contributed by atoms with Gasteiger partial charge in [0.2, 0.25) is 0 Å². The maximum Gasteiger partial charge on any atom is 0.329 e. The summed E-state index contributed by atoms with van der Waals surface area (Å²) in [5.74, 6) is -7.26. The Hall–Kier alpha value is -6.59. The zero-order valence-electron chi connectivity index (χ0n) is 47.5. The van der Waals surface area contributed by atoms with E-state index in [0.717, 1.165) is 32.2 Å². The number of carbonyl (C=O) groups excluding carboxylic acids is 8. The van der Waals surface area contributed by atoms with Crippen molar-refractivity contribution in [3.05, 3.63) is 89.2 Å². The van der Waals surface area contributed by atoms with Crippen LogP contribution < -0.4 is 0 Å². The highest BCUT2D eigenvalue weighted by molar-refractivity contribution is 5.94. The van der Waals surface area contributed by atoms with Crippen LogP contribution in [0.5, 0.6) is 0 Å². The number of carbonyl (C=O) groups is 8. The lowest BCUT2D eigenvalue weighted by molar-refractivity contribution is -0.176. The summed E-state index contributed by atoms with van der Waals surface area (Å²) in [5, 5.41) is 4.44. The highest BCUT2D eigenvalue weighted by atomic mass is 16.6. The number of ether oxygens (including phenoxy) is 4. The number of cyclic esters (lactones) is 4. The molecule has 3 aromatic rings. The van der Waals surface area contributed by atoms with Gasteiger partial charge in [-0.15, -0.1) is 0 Å². The number of amides is 4. The quantitative estimate of drug-likeness (QED) is 0.118. The average Bonchev–Trinajstić information content (AvgIpc) is 3.83. The van der Waals surface area contributed by atoms with E-state index in [1.165, 1.54) is 46.9 Å². The van der Waals surface area contributed by atoms with Gasteiger partial charge in [0.25, 0.3) is 23.6 Å². The fraction of sp³-hybridized carbons (Fsp3) is 0.603. The van der Waals surface area contributed by atoms with Gasteiger partial charge in [0.1, 0.15) is 24.2 Å². The molecule has 4 rings (SSSR count). The summed E-state index contributed by atoms with van der Waals surface area (Å²) in [5.41, 5.74) is 3.30. The minimum absolute atomic E-state index is 0.0878. The van der Waals surface area contributed by atoms with Gasteiger partial charge in [-0.3, -0.25) is 23.9 Å². The number of benzene rings is 2. The summed E-state index contributed by atoms with van der Waals surface area (Å²) in [6.45, 7) is 20.1. The lowest BCUT2D eigenvalue weighted by atomic mass is 9.99. The molecule has 18 nitrogen and oxygen atoms in total. The van der Waals surface area contributed by atoms with E-state index in [0.29, 0.717) is 17.7 Å². The third-order valence-electron chi connectivity index (χ3n) is 13.6. The second-order valence-electron chi connectivity index (χ2n) is 22.0. The molecule has 418 valence electrons. The zero-order chi connectivity index (χ0) is 56.7. The Bertz CT molecular complexity index is 2420. The van der Waals surface area contributed by atoms with Crippen LogP contribution in [0.2, 0.25) is 0 Å². The molecule has 0 saturated carbocycles. The van der Waals surface area contributed by atoms with Crippen molar-refractivity contribution in [2.75, 3.05) is 28.2 Å². The third-order valence-corrected chi connectivity index (χ3v) is 13.6. The summed E-state index contributed by atoms with van der Waals surface area (Å²) in [7, 11) is 5.58. The first-order chi connectivity index (χ1) is 35.7. The lowest BCUT2D eigenvalue weighted by Gasteiger charge is -2.35. The zero-order valence-corrected chi connectivity index (χ0v) is 47.5. The second-order valence-corrected chi connectivity index (χ2v) is 22.0. The summed E-state index contributed by atoms with van der Waals surface area (Å²) in [4.78, 5) is 121. The number of rotatable bonds is 15. The van der Waals surface area contributed by atoms with Gasteiger partial charge in [-0.2, -0.15) is 5.10 Å². The molecule has 8 atom stereocenters. The first-order valence-electron chi connectivity index (χ1n) is 26.7. The van der Waals surface area contributed by atoms with E-state index in [9.17, 15) is 38.4 Å². The maximum absolute atomic E-state index is 15.0. The predicted octanol–water partition coefficient (Wildman–Crippen LogP) is 6.47. The molecule has 4 amide bonds. The lowest BCUT2D eigenvalue weighted by Crippen LogP contribution is -2.55. The van der Waals surface area contributed by atoms with Gasteiger partial charge in [-0.05, 0) is 91.9 Å². The SMILES string of the molecule is CCc1cnn(Cc2ccc(C[C@H]3OC(=O)[C@H](CC(C)C)N(C)C(=O)[C@@H](C)OC(=O)[C@H](CC(C)C)N(C)C(=O)[C@@H](Cc4ccccc4)OC(=O)[C@H](CC(C)C)N(C)C(=O)[C@@H](C)OC(=O)[C@H](CC(C)C)N(C)C3=O)cc2)c1. The Labute approximate surface area is 450 Å². The van der Waals surface area contributed by atoms with Crippen LogP contribution >= 0.6 is 0 Å². The first-order valence-corrected chi connectivity index (χ1v) is 26.7. The number of aromatic nitrogens is 2. The largest absolute Gasteiger partial charge is 0.451 e. The van der Waals surface area contributed by atoms with Crippen LogP contribution in [-0.2, 0) is 83.1 Å². The molecular formula is C58H84N6O12. The van der Waals surface area contributed by atoms with Gasteiger partial charge in [-0.25, -0.2) is 19.2 Å². The van der Waals surface area contributed by atoms with Crippen molar-refractivity contribution in [3.8, 4) is 0 Å². The van der Waals surface area contributed by atoms with Crippen LogP contribution in [0.4, 0.5) is 0 Å². The number of esters is 4. The Kier molecular flexibility index (Phi) is 23.2. The average molecular weight is 1060 g/mol. The molecule has 0 N–H and O–H groups in total. The molecular weight excluding hydrogens is 973 g/mol. The van der Waals surface area contributed by atoms with Gasteiger partial charge in [-0.1, -0.05) is 117 Å². The van der Waals surface area contributed by atoms with Crippen LogP contribution in [0.15, 0.2) is 67.0 Å². The summed E-state index contributed by atoms with van der Waals surface area (Å²) < 4.78 is 25.9. The van der Waals surface area contributed by atoms with Gasteiger partial charge in [0.05, 0.1) is 12.7 Å². The molecule has 0 radical (unpaired) electrons. The molecule has 1 saturated heterocycles. The minimum atomic E-state index is -1.52. The molecule has 0 spiro atoms. The first kappa shape index (κ1) is 62.0. The van der Waals surface area contributed by atoms with E-state index in [-0.39, 0.29) is 62.2 Å². The topological polar surface area (TPSA) is 204 Å². The maximum atomic E-state index is 15.0. The molecule has 1 aliphatic heterocycles. The molecule has 1 fully saturated rings. The Morgan fingerprint density at radius 3 is 1.12 bits per heavy atom.